The van der Waals surface area contributed by atoms with Crippen LogP contribution in [0.3, 0.4) is 0 Å². The predicted molar refractivity (Wildman–Crippen MR) is 78.9 cm³/mol. The molecule has 1 aliphatic heterocycles. The minimum Gasteiger partial charge on any atom is -0.478 e. The number of hydrogen-bond acceptors (Lipinski definition) is 4. The molecule has 1 heterocycles. The van der Waals surface area contributed by atoms with E-state index in [4.69, 9.17) is 9.84 Å². The standard InChI is InChI=1S/C17H17NO4/c1-12(2)17(21,16(9-18)10-22-11-16)7-6-13-4-3-5-14(8-13)15(19)20/h3-5,8,12,21H,10-11H2,1-2H3,(H,19,20)/t17-/m1/s1. The van der Waals surface area contributed by atoms with Gasteiger partial charge in [-0.3, -0.25) is 0 Å². The highest BCUT2D eigenvalue weighted by molar-refractivity contribution is 5.88. The number of benzene rings is 1. The summed E-state index contributed by atoms with van der Waals surface area (Å²) >= 11 is 0. The minimum absolute atomic E-state index is 0.127. The van der Waals surface area contributed by atoms with Crippen LogP contribution in [-0.2, 0) is 4.74 Å². The van der Waals surface area contributed by atoms with Crippen LogP contribution in [0.4, 0.5) is 0 Å². The number of hydrogen-bond donors (Lipinski definition) is 2. The van der Waals surface area contributed by atoms with E-state index >= 15 is 0 Å². The molecule has 0 bridgehead atoms. The summed E-state index contributed by atoms with van der Waals surface area (Å²) in [7, 11) is 0. The lowest BCUT2D eigenvalue weighted by atomic mass is 9.66. The molecule has 0 aliphatic carbocycles. The first kappa shape index (κ1) is 16.0. The Hall–Kier alpha value is -2.34. The highest BCUT2D eigenvalue weighted by atomic mass is 16.5. The van der Waals surface area contributed by atoms with Gasteiger partial charge in [-0.2, -0.15) is 5.26 Å². The quantitative estimate of drug-likeness (QED) is 0.828. The maximum absolute atomic E-state index is 11.0. The third kappa shape index (κ3) is 2.57. The summed E-state index contributed by atoms with van der Waals surface area (Å²) in [5, 5.41) is 29.3. The fourth-order valence-electron chi connectivity index (χ4n) is 2.39. The lowest BCUT2D eigenvalue weighted by molar-refractivity contribution is -0.180. The molecule has 0 unspecified atom stereocenters. The first-order valence-electron chi connectivity index (χ1n) is 6.92. The van der Waals surface area contributed by atoms with Gasteiger partial charge in [0.25, 0.3) is 0 Å². The van der Waals surface area contributed by atoms with Crippen molar-refractivity contribution < 1.29 is 19.7 Å². The molecule has 0 spiro atoms. The average molecular weight is 299 g/mol. The Kier molecular flexibility index (Phi) is 4.23. The van der Waals surface area contributed by atoms with Crippen molar-refractivity contribution in [2.75, 3.05) is 13.2 Å². The Labute approximate surface area is 129 Å². The van der Waals surface area contributed by atoms with Gasteiger partial charge in [0, 0.05) is 5.56 Å². The van der Waals surface area contributed by atoms with E-state index in [2.05, 4.69) is 17.9 Å². The number of carboxylic acids is 1. The number of aromatic carboxylic acids is 1. The van der Waals surface area contributed by atoms with E-state index in [1.54, 1.807) is 26.0 Å². The zero-order valence-electron chi connectivity index (χ0n) is 12.5. The van der Waals surface area contributed by atoms with E-state index in [0.29, 0.717) is 5.56 Å². The maximum Gasteiger partial charge on any atom is 0.335 e. The van der Waals surface area contributed by atoms with Gasteiger partial charge in [-0.1, -0.05) is 31.8 Å². The van der Waals surface area contributed by atoms with Gasteiger partial charge in [0.1, 0.15) is 5.41 Å². The Bertz CT molecular complexity index is 689. The van der Waals surface area contributed by atoms with Gasteiger partial charge < -0.3 is 14.9 Å². The lowest BCUT2D eigenvalue weighted by Crippen LogP contribution is -2.61. The summed E-state index contributed by atoms with van der Waals surface area (Å²) in [4.78, 5) is 11.0. The molecule has 1 aromatic carbocycles. The molecular formula is C17H17NO4. The predicted octanol–water partition coefficient (Wildman–Crippen LogP) is 1.66. The Balaban J connectivity index is 2.40. The molecule has 2 N–H and O–H groups in total. The summed E-state index contributed by atoms with van der Waals surface area (Å²) in [6.07, 6.45) is 0. The number of nitriles is 1. The van der Waals surface area contributed by atoms with Crippen molar-refractivity contribution in [3.63, 3.8) is 0 Å². The molecule has 0 aromatic heterocycles. The molecule has 22 heavy (non-hydrogen) atoms. The van der Waals surface area contributed by atoms with Crippen molar-refractivity contribution in [1.82, 2.24) is 0 Å². The number of rotatable bonds is 3. The second-order valence-corrected chi connectivity index (χ2v) is 5.74. The summed E-state index contributed by atoms with van der Waals surface area (Å²) < 4.78 is 5.10. The van der Waals surface area contributed by atoms with Gasteiger partial charge in [-0.25, -0.2) is 4.79 Å². The van der Waals surface area contributed by atoms with Crippen molar-refractivity contribution in [2.45, 2.75) is 19.4 Å². The van der Waals surface area contributed by atoms with Crippen LogP contribution >= 0.6 is 0 Å². The highest BCUT2D eigenvalue weighted by Crippen LogP contribution is 2.42. The SMILES string of the molecule is CC(C)[C@](O)(C#Cc1cccc(C(=O)O)c1)C1(C#N)COC1. The maximum atomic E-state index is 11.0. The van der Waals surface area contributed by atoms with Crippen LogP contribution in [0.15, 0.2) is 24.3 Å². The highest BCUT2D eigenvalue weighted by Gasteiger charge is 2.57. The summed E-state index contributed by atoms with van der Waals surface area (Å²) in [6.45, 7) is 3.86. The van der Waals surface area contributed by atoms with Crippen molar-refractivity contribution >= 4 is 5.97 Å². The largest absolute Gasteiger partial charge is 0.478 e. The fraction of sp³-hybridized carbons (Fsp3) is 0.412. The van der Waals surface area contributed by atoms with Crippen LogP contribution in [0.25, 0.3) is 0 Å². The number of carboxylic acid groups (broad SMARTS) is 1. The minimum atomic E-state index is -1.51. The van der Waals surface area contributed by atoms with Crippen molar-refractivity contribution in [3.05, 3.63) is 35.4 Å². The van der Waals surface area contributed by atoms with E-state index in [1.807, 2.05) is 0 Å². The van der Waals surface area contributed by atoms with Crippen LogP contribution in [0.2, 0.25) is 0 Å². The molecule has 1 fully saturated rings. The zero-order valence-corrected chi connectivity index (χ0v) is 12.5. The van der Waals surface area contributed by atoms with E-state index in [9.17, 15) is 15.2 Å². The molecule has 0 amide bonds. The number of ether oxygens (including phenoxy) is 1. The number of carbonyl (C=O) groups is 1. The molecule has 1 saturated heterocycles. The Morgan fingerprint density at radius 3 is 2.59 bits per heavy atom. The van der Waals surface area contributed by atoms with Gasteiger partial charge in [0.05, 0.1) is 24.8 Å². The van der Waals surface area contributed by atoms with E-state index in [0.717, 1.165) is 0 Å². The second-order valence-electron chi connectivity index (χ2n) is 5.74. The van der Waals surface area contributed by atoms with Gasteiger partial charge in [-0.15, -0.1) is 0 Å². The third-order valence-electron chi connectivity index (χ3n) is 3.98. The Morgan fingerprint density at radius 1 is 1.45 bits per heavy atom. The first-order chi connectivity index (χ1) is 10.3. The number of nitrogens with zero attached hydrogens (tertiary/aromatic N) is 1. The molecule has 114 valence electrons. The molecule has 2 rings (SSSR count). The number of aliphatic hydroxyl groups is 1. The van der Waals surface area contributed by atoms with E-state index in [-0.39, 0.29) is 24.7 Å². The fourth-order valence-corrected chi connectivity index (χ4v) is 2.39. The average Bonchev–Trinajstić information content (AvgIpc) is 2.44. The van der Waals surface area contributed by atoms with Crippen LogP contribution in [0, 0.1) is 34.5 Å². The van der Waals surface area contributed by atoms with Crippen LogP contribution in [0.5, 0.6) is 0 Å². The molecular weight excluding hydrogens is 282 g/mol. The van der Waals surface area contributed by atoms with E-state index in [1.165, 1.54) is 12.1 Å². The van der Waals surface area contributed by atoms with Crippen LogP contribution < -0.4 is 0 Å². The van der Waals surface area contributed by atoms with Gasteiger partial charge in [0.15, 0.2) is 5.60 Å². The van der Waals surface area contributed by atoms with Gasteiger partial charge in [0.2, 0.25) is 0 Å². The molecule has 1 aliphatic rings. The van der Waals surface area contributed by atoms with Crippen molar-refractivity contribution in [2.24, 2.45) is 11.3 Å². The van der Waals surface area contributed by atoms with Crippen molar-refractivity contribution in [1.29, 1.82) is 5.26 Å². The summed E-state index contributed by atoms with van der Waals surface area (Å²) in [5.41, 5.74) is -1.95. The van der Waals surface area contributed by atoms with Gasteiger partial charge >= 0.3 is 5.97 Å². The smallest absolute Gasteiger partial charge is 0.335 e. The van der Waals surface area contributed by atoms with Crippen molar-refractivity contribution in [3.8, 4) is 17.9 Å². The second kappa shape index (κ2) is 5.81. The first-order valence-corrected chi connectivity index (χ1v) is 6.92. The molecule has 0 radical (unpaired) electrons. The summed E-state index contributed by atoms with van der Waals surface area (Å²) in [6, 6.07) is 8.29. The third-order valence-corrected chi connectivity index (χ3v) is 3.98. The normalized spacial score (nSPS) is 18.3. The topological polar surface area (TPSA) is 90.5 Å². The molecule has 1 atom stereocenters. The molecule has 1 aromatic rings. The van der Waals surface area contributed by atoms with Crippen LogP contribution in [-0.4, -0.2) is 35.0 Å². The van der Waals surface area contributed by atoms with Crippen LogP contribution in [0.1, 0.15) is 29.8 Å². The zero-order chi connectivity index (χ0) is 16.4. The molecule has 5 nitrogen and oxygen atoms in total. The Morgan fingerprint density at radius 2 is 2.14 bits per heavy atom. The molecule has 0 saturated carbocycles. The van der Waals surface area contributed by atoms with E-state index < -0.39 is 17.0 Å². The molecule has 5 heteroatoms. The monoisotopic (exact) mass is 299 g/mol. The lowest BCUT2D eigenvalue weighted by Gasteiger charge is -2.47. The van der Waals surface area contributed by atoms with Gasteiger partial charge in [-0.05, 0) is 24.1 Å². The summed E-state index contributed by atoms with van der Waals surface area (Å²) in [5.74, 6) is 4.27.